The van der Waals surface area contributed by atoms with Gasteiger partial charge in [0, 0.05) is 5.56 Å². The molecule has 1 aromatic carbocycles. The normalized spacial score (nSPS) is 28.5. The minimum absolute atomic E-state index is 0.0140. The molecule has 1 fully saturated rings. The van der Waals surface area contributed by atoms with E-state index in [1.807, 2.05) is 6.92 Å². The molecule has 16 heavy (non-hydrogen) atoms. The summed E-state index contributed by atoms with van der Waals surface area (Å²) in [6.45, 7) is 1.84. The summed E-state index contributed by atoms with van der Waals surface area (Å²) in [5, 5.41) is 28.3. The van der Waals surface area contributed by atoms with E-state index < -0.39 is 17.5 Å². The summed E-state index contributed by atoms with van der Waals surface area (Å²) in [6, 6.07) is 4.90. The largest absolute Gasteiger partial charge is 0.508 e. The number of carboxylic acid groups (broad SMARTS) is 1. The van der Waals surface area contributed by atoms with Crippen LogP contribution in [0.3, 0.4) is 0 Å². The summed E-state index contributed by atoms with van der Waals surface area (Å²) in [6.07, 6.45) is -0.255. The molecule has 4 heteroatoms. The third-order valence-corrected chi connectivity index (χ3v) is 3.25. The summed E-state index contributed by atoms with van der Waals surface area (Å²) in [5.41, 5.74) is 0.190. The Balaban J connectivity index is 2.48. The molecule has 0 aliphatic heterocycles. The van der Waals surface area contributed by atoms with Gasteiger partial charge in [0.05, 0.1) is 6.10 Å². The number of aliphatic carboxylic acids is 1. The van der Waals surface area contributed by atoms with Crippen molar-refractivity contribution >= 4 is 5.97 Å². The molecule has 0 radical (unpaired) electrons. The zero-order chi connectivity index (χ0) is 11.9. The Morgan fingerprint density at radius 1 is 1.44 bits per heavy atom. The van der Waals surface area contributed by atoms with E-state index in [4.69, 9.17) is 0 Å². The molecule has 0 spiro atoms. The number of rotatable bonds is 2. The third kappa shape index (κ3) is 1.46. The highest BCUT2D eigenvalue weighted by molar-refractivity contribution is 5.84. The molecule has 86 valence electrons. The van der Waals surface area contributed by atoms with E-state index in [2.05, 4.69) is 0 Å². The van der Waals surface area contributed by atoms with Crippen LogP contribution < -0.4 is 0 Å². The number of carboxylic acids is 1. The number of aliphatic hydroxyl groups is 1. The van der Waals surface area contributed by atoms with Gasteiger partial charge in [-0.25, -0.2) is 0 Å². The van der Waals surface area contributed by atoms with Crippen molar-refractivity contribution in [3.63, 3.8) is 0 Å². The maximum atomic E-state index is 11.3. The molecule has 1 saturated carbocycles. The first kappa shape index (κ1) is 11.0. The lowest BCUT2D eigenvalue weighted by Crippen LogP contribution is -2.50. The average Bonchev–Trinajstić information content (AvgIpc) is 2.16. The van der Waals surface area contributed by atoms with Crippen LogP contribution in [0.4, 0.5) is 0 Å². The number of benzene rings is 1. The molecule has 0 bridgehead atoms. The molecule has 0 atom stereocenters. The molecule has 2 rings (SSSR count). The summed E-state index contributed by atoms with van der Waals surface area (Å²) in [4.78, 5) is 11.3. The fourth-order valence-electron chi connectivity index (χ4n) is 2.29. The lowest BCUT2D eigenvalue weighted by Gasteiger charge is -2.42. The molecule has 0 unspecified atom stereocenters. The first-order valence-electron chi connectivity index (χ1n) is 5.17. The molecule has 1 aliphatic carbocycles. The van der Waals surface area contributed by atoms with Gasteiger partial charge < -0.3 is 15.3 Å². The number of phenols is 1. The SMILES string of the molecule is Cc1ccc(O)c(C2(C(=O)O)CC(O)C2)c1. The molecule has 0 saturated heterocycles. The van der Waals surface area contributed by atoms with Gasteiger partial charge in [-0.3, -0.25) is 4.79 Å². The van der Waals surface area contributed by atoms with Crippen molar-refractivity contribution < 1.29 is 20.1 Å². The first-order chi connectivity index (χ1) is 7.45. The smallest absolute Gasteiger partial charge is 0.314 e. The summed E-state index contributed by atoms with van der Waals surface area (Å²) >= 11 is 0. The fraction of sp³-hybridized carbons (Fsp3) is 0.417. The minimum Gasteiger partial charge on any atom is -0.508 e. The van der Waals surface area contributed by atoms with Gasteiger partial charge in [0.15, 0.2) is 0 Å². The van der Waals surface area contributed by atoms with Gasteiger partial charge in [-0.1, -0.05) is 17.7 Å². The van der Waals surface area contributed by atoms with E-state index in [9.17, 15) is 20.1 Å². The number of hydrogen-bond donors (Lipinski definition) is 3. The highest BCUT2D eigenvalue weighted by Crippen LogP contribution is 2.47. The van der Waals surface area contributed by atoms with Crippen LogP contribution in [0, 0.1) is 6.92 Å². The third-order valence-electron chi connectivity index (χ3n) is 3.25. The molecule has 3 N–H and O–H groups in total. The Labute approximate surface area is 93.2 Å². The van der Waals surface area contributed by atoms with E-state index in [0.29, 0.717) is 5.56 Å². The number of carbonyl (C=O) groups is 1. The van der Waals surface area contributed by atoms with E-state index in [0.717, 1.165) is 5.56 Å². The van der Waals surface area contributed by atoms with Gasteiger partial charge in [-0.2, -0.15) is 0 Å². The van der Waals surface area contributed by atoms with Crippen molar-refractivity contribution in [2.45, 2.75) is 31.3 Å². The predicted molar refractivity (Wildman–Crippen MR) is 57.4 cm³/mol. The van der Waals surface area contributed by atoms with Gasteiger partial charge >= 0.3 is 5.97 Å². The zero-order valence-corrected chi connectivity index (χ0v) is 8.97. The second-order valence-corrected chi connectivity index (χ2v) is 4.47. The van der Waals surface area contributed by atoms with Crippen molar-refractivity contribution in [1.82, 2.24) is 0 Å². The van der Waals surface area contributed by atoms with Crippen LogP contribution in [0.25, 0.3) is 0 Å². The van der Waals surface area contributed by atoms with Gasteiger partial charge in [0.2, 0.25) is 0 Å². The topological polar surface area (TPSA) is 77.8 Å². The quantitative estimate of drug-likeness (QED) is 0.702. The first-order valence-corrected chi connectivity index (χ1v) is 5.17. The maximum absolute atomic E-state index is 11.3. The number of aliphatic hydroxyl groups excluding tert-OH is 1. The predicted octanol–water partition coefficient (Wildman–Crippen LogP) is 1.18. The Morgan fingerprint density at radius 3 is 2.56 bits per heavy atom. The van der Waals surface area contributed by atoms with E-state index >= 15 is 0 Å². The molecular formula is C12H14O4. The number of aromatic hydroxyl groups is 1. The Hall–Kier alpha value is -1.55. The van der Waals surface area contributed by atoms with Crippen molar-refractivity contribution in [1.29, 1.82) is 0 Å². The van der Waals surface area contributed by atoms with Crippen molar-refractivity contribution in [3.8, 4) is 5.75 Å². The van der Waals surface area contributed by atoms with Crippen LogP contribution >= 0.6 is 0 Å². The van der Waals surface area contributed by atoms with Crippen LogP contribution in [0.5, 0.6) is 5.75 Å². The van der Waals surface area contributed by atoms with E-state index in [1.165, 1.54) is 6.07 Å². The molecule has 4 nitrogen and oxygen atoms in total. The van der Waals surface area contributed by atoms with Crippen LogP contribution in [-0.4, -0.2) is 27.4 Å². The maximum Gasteiger partial charge on any atom is 0.314 e. The van der Waals surface area contributed by atoms with Crippen molar-refractivity contribution in [2.24, 2.45) is 0 Å². The zero-order valence-electron chi connectivity index (χ0n) is 8.97. The molecule has 1 aromatic rings. The standard InChI is InChI=1S/C12H14O4/c1-7-2-3-10(14)9(4-7)12(11(15)16)5-8(13)6-12/h2-4,8,13-14H,5-6H2,1H3,(H,15,16). The van der Waals surface area contributed by atoms with Crippen LogP contribution in [0.2, 0.25) is 0 Å². The van der Waals surface area contributed by atoms with Gasteiger partial charge in [0.1, 0.15) is 11.2 Å². The van der Waals surface area contributed by atoms with E-state index in [-0.39, 0.29) is 18.6 Å². The lowest BCUT2D eigenvalue weighted by molar-refractivity contribution is -0.153. The second-order valence-electron chi connectivity index (χ2n) is 4.47. The van der Waals surface area contributed by atoms with E-state index in [1.54, 1.807) is 12.1 Å². The molecular weight excluding hydrogens is 208 g/mol. The monoisotopic (exact) mass is 222 g/mol. The van der Waals surface area contributed by atoms with Crippen molar-refractivity contribution in [2.75, 3.05) is 0 Å². The van der Waals surface area contributed by atoms with Gasteiger partial charge in [-0.15, -0.1) is 0 Å². The summed E-state index contributed by atoms with van der Waals surface area (Å²) < 4.78 is 0. The number of aryl methyl sites for hydroxylation is 1. The summed E-state index contributed by atoms with van der Waals surface area (Å²) in [7, 11) is 0. The number of hydrogen-bond acceptors (Lipinski definition) is 3. The molecule has 1 aliphatic rings. The summed E-state index contributed by atoms with van der Waals surface area (Å²) in [5.74, 6) is -1.00. The lowest BCUT2D eigenvalue weighted by atomic mass is 9.62. The van der Waals surface area contributed by atoms with Crippen molar-refractivity contribution in [3.05, 3.63) is 29.3 Å². The Morgan fingerprint density at radius 2 is 2.06 bits per heavy atom. The fourth-order valence-corrected chi connectivity index (χ4v) is 2.29. The molecule has 0 amide bonds. The molecule has 0 aromatic heterocycles. The van der Waals surface area contributed by atoms with Crippen LogP contribution in [-0.2, 0) is 10.2 Å². The minimum atomic E-state index is -1.12. The highest BCUT2D eigenvalue weighted by atomic mass is 16.4. The van der Waals surface area contributed by atoms with Gasteiger partial charge in [0.25, 0.3) is 0 Å². The highest BCUT2D eigenvalue weighted by Gasteiger charge is 2.52. The average molecular weight is 222 g/mol. The molecule has 0 heterocycles. The van der Waals surface area contributed by atoms with Crippen LogP contribution in [0.15, 0.2) is 18.2 Å². The van der Waals surface area contributed by atoms with Gasteiger partial charge in [-0.05, 0) is 25.8 Å². The second kappa shape index (κ2) is 3.49. The Kier molecular flexibility index (Phi) is 2.39. The number of phenolic OH excluding ortho intramolecular Hbond substituents is 1. The van der Waals surface area contributed by atoms with Crippen LogP contribution in [0.1, 0.15) is 24.0 Å². The Bertz CT molecular complexity index is 433.